The van der Waals surface area contributed by atoms with Crippen LogP contribution >= 0.6 is 11.6 Å². The van der Waals surface area contributed by atoms with E-state index >= 15 is 0 Å². The van der Waals surface area contributed by atoms with Crippen LogP contribution in [0, 0.1) is 5.41 Å². The molecule has 3 aromatic rings. The number of carbonyl (C=O) groups is 1. The minimum absolute atomic E-state index is 0.104. The fourth-order valence-electron chi connectivity index (χ4n) is 4.59. The Labute approximate surface area is 198 Å². The van der Waals surface area contributed by atoms with Crippen LogP contribution in [0.4, 0.5) is 11.4 Å². The number of hydrogen-bond acceptors (Lipinski definition) is 5. The third-order valence-electron chi connectivity index (χ3n) is 6.14. The minimum atomic E-state index is -0.319. The number of rotatable bonds is 4. The van der Waals surface area contributed by atoms with E-state index in [1.165, 1.54) is 0 Å². The minimum Gasteiger partial charge on any atom is -0.487 e. The van der Waals surface area contributed by atoms with Crippen molar-refractivity contribution in [3.8, 4) is 5.75 Å². The number of ether oxygens (including phenoxy) is 1. The number of aromatic nitrogens is 1. The van der Waals surface area contributed by atoms with Gasteiger partial charge in [0.1, 0.15) is 12.4 Å². The third kappa shape index (κ3) is 4.46. The summed E-state index contributed by atoms with van der Waals surface area (Å²) in [7, 11) is 0. The number of pyridine rings is 1. The van der Waals surface area contributed by atoms with Crippen molar-refractivity contribution in [3.63, 3.8) is 0 Å². The van der Waals surface area contributed by atoms with Crippen LogP contribution < -0.4 is 15.4 Å². The summed E-state index contributed by atoms with van der Waals surface area (Å²) >= 11 is 6.63. The molecule has 0 spiro atoms. The second-order valence-electron chi connectivity index (χ2n) is 9.42. The second-order valence-corrected chi connectivity index (χ2v) is 9.83. The number of Topliss-reactive ketones (excluding diaryl/α,β-unsaturated/α-hetero) is 1. The molecule has 168 valence electrons. The molecule has 1 unspecified atom stereocenters. The zero-order valence-electron chi connectivity index (χ0n) is 18.7. The van der Waals surface area contributed by atoms with Gasteiger partial charge in [0, 0.05) is 23.9 Å². The summed E-state index contributed by atoms with van der Waals surface area (Å²) in [4.78, 5) is 17.6. The van der Waals surface area contributed by atoms with Crippen LogP contribution in [0.25, 0.3) is 0 Å². The summed E-state index contributed by atoms with van der Waals surface area (Å²) < 4.78 is 5.95. The van der Waals surface area contributed by atoms with E-state index in [9.17, 15) is 4.79 Å². The fraction of sp³-hybridized carbons (Fsp3) is 0.259. The van der Waals surface area contributed by atoms with Crippen molar-refractivity contribution in [1.82, 2.24) is 4.98 Å². The van der Waals surface area contributed by atoms with Gasteiger partial charge in [0.15, 0.2) is 5.78 Å². The fourth-order valence-corrected chi connectivity index (χ4v) is 4.83. The molecule has 2 aromatic carbocycles. The van der Waals surface area contributed by atoms with Crippen LogP contribution in [-0.2, 0) is 11.4 Å². The van der Waals surface area contributed by atoms with Crippen molar-refractivity contribution in [1.29, 1.82) is 0 Å². The van der Waals surface area contributed by atoms with Gasteiger partial charge in [0.2, 0.25) is 0 Å². The molecule has 0 fully saturated rings. The van der Waals surface area contributed by atoms with Crippen LogP contribution in [0.3, 0.4) is 0 Å². The first-order chi connectivity index (χ1) is 15.9. The Morgan fingerprint density at radius 3 is 2.70 bits per heavy atom. The lowest BCUT2D eigenvalue weighted by atomic mass is 9.73. The van der Waals surface area contributed by atoms with E-state index in [0.29, 0.717) is 23.8 Å². The van der Waals surface area contributed by atoms with Gasteiger partial charge >= 0.3 is 0 Å². The largest absolute Gasteiger partial charge is 0.487 e. The Kier molecular flexibility index (Phi) is 5.59. The van der Waals surface area contributed by atoms with Gasteiger partial charge in [-0.25, -0.2) is 0 Å². The van der Waals surface area contributed by atoms with Gasteiger partial charge in [-0.3, -0.25) is 9.78 Å². The molecule has 2 aliphatic rings. The van der Waals surface area contributed by atoms with E-state index in [-0.39, 0.29) is 17.2 Å². The molecule has 1 aromatic heterocycles. The van der Waals surface area contributed by atoms with Gasteiger partial charge in [0.25, 0.3) is 0 Å². The first-order valence-corrected chi connectivity index (χ1v) is 11.5. The van der Waals surface area contributed by atoms with Gasteiger partial charge < -0.3 is 15.4 Å². The molecule has 5 rings (SSSR count). The Balaban J connectivity index is 1.50. The van der Waals surface area contributed by atoms with Gasteiger partial charge in [-0.05, 0) is 41.2 Å². The lowest BCUT2D eigenvalue weighted by Crippen LogP contribution is -2.31. The Bertz CT molecular complexity index is 1240. The highest BCUT2D eigenvalue weighted by Crippen LogP contribution is 2.45. The first kappa shape index (κ1) is 21.5. The molecule has 1 atom stereocenters. The quantitative estimate of drug-likeness (QED) is 0.464. The Hall–Kier alpha value is -3.31. The molecule has 2 N–H and O–H groups in total. The zero-order valence-corrected chi connectivity index (χ0v) is 19.4. The summed E-state index contributed by atoms with van der Waals surface area (Å²) in [5.41, 5.74) is 5.36. The van der Waals surface area contributed by atoms with Crippen LogP contribution in [0.1, 0.15) is 43.9 Å². The number of nitrogens with zero attached hydrogens (tertiary/aromatic N) is 1. The lowest BCUT2D eigenvalue weighted by Gasteiger charge is -2.34. The maximum Gasteiger partial charge on any atom is 0.163 e. The molecule has 6 heteroatoms. The number of halogens is 1. The maximum atomic E-state index is 13.3. The highest BCUT2D eigenvalue weighted by molar-refractivity contribution is 6.32. The van der Waals surface area contributed by atoms with E-state index in [2.05, 4.69) is 29.5 Å². The topological polar surface area (TPSA) is 63.2 Å². The predicted octanol–water partition coefficient (Wildman–Crippen LogP) is 6.54. The summed E-state index contributed by atoms with van der Waals surface area (Å²) in [5, 5.41) is 7.56. The van der Waals surface area contributed by atoms with Crippen molar-refractivity contribution in [2.24, 2.45) is 5.41 Å². The van der Waals surface area contributed by atoms with E-state index in [1.54, 1.807) is 12.4 Å². The average Bonchev–Trinajstić information content (AvgIpc) is 2.94. The average molecular weight is 460 g/mol. The van der Waals surface area contributed by atoms with Crippen molar-refractivity contribution >= 4 is 28.8 Å². The van der Waals surface area contributed by atoms with Crippen molar-refractivity contribution in [2.45, 2.75) is 39.3 Å². The lowest BCUT2D eigenvalue weighted by molar-refractivity contribution is -0.118. The summed E-state index contributed by atoms with van der Waals surface area (Å²) in [6.07, 6.45) is 4.82. The number of fused-ring (bicyclic) bond motifs is 1. The molecule has 5 nitrogen and oxygen atoms in total. The predicted molar refractivity (Wildman–Crippen MR) is 131 cm³/mol. The van der Waals surface area contributed by atoms with Gasteiger partial charge in [-0.1, -0.05) is 61.8 Å². The monoisotopic (exact) mass is 459 g/mol. The second kappa shape index (κ2) is 8.56. The molecule has 0 bridgehead atoms. The van der Waals surface area contributed by atoms with E-state index in [0.717, 1.165) is 40.2 Å². The normalized spacial score (nSPS) is 19.0. The molecule has 0 saturated carbocycles. The Morgan fingerprint density at radius 1 is 1.09 bits per heavy atom. The molecule has 0 saturated heterocycles. The number of hydrogen-bond donors (Lipinski definition) is 2. The number of anilines is 2. The Morgan fingerprint density at radius 2 is 1.91 bits per heavy atom. The molecule has 2 heterocycles. The number of benzene rings is 2. The molecule has 1 aliphatic heterocycles. The third-order valence-corrected chi connectivity index (χ3v) is 6.44. The van der Waals surface area contributed by atoms with Crippen molar-refractivity contribution in [3.05, 3.63) is 94.4 Å². The molecular formula is C27H26ClN3O2. The molecular weight excluding hydrogens is 434 g/mol. The molecule has 1 aliphatic carbocycles. The molecule has 0 amide bonds. The van der Waals surface area contributed by atoms with Crippen molar-refractivity contribution < 1.29 is 9.53 Å². The molecule has 0 radical (unpaired) electrons. The van der Waals surface area contributed by atoms with Crippen LogP contribution in [0.15, 0.2) is 78.3 Å². The van der Waals surface area contributed by atoms with Crippen molar-refractivity contribution in [2.75, 3.05) is 10.6 Å². The standard InChI is InChI=1S/C27H26ClN3O2/c1-27(2)13-21-25(23(32)14-27)26(31-20-10-11-29-15-22(20)30-21)18-8-9-24(19(28)12-18)33-16-17-6-4-3-5-7-17/h3-12,15,26,30-31H,13-14,16H2,1-2H3. The van der Waals surface area contributed by atoms with E-state index in [4.69, 9.17) is 16.3 Å². The number of carbonyl (C=O) groups excluding carboxylic acids is 1. The summed E-state index contributed by atoms with van der Waals surface area (Å²) in [6, 6.07) is 17.3. The van der Waals surface area contributed by atoms with Gasteiger partial charge in [-0.15, -0.1) is 0 Å². The summed E-state index contributed by atoms with van der Waals surface area (Å²) in [5.74, 6) is 0.762. The summed E-state index contributed by atoms with van der Waals surface area (Å²) in [6.45, 7) is 4.70. The number of ketones is 1. The number of allylic oxidation sites excluding steroid dienone is 1. The van der Waals surface area contributed by atoms with Crippen LogP contribution in [0.2, 0.25) is 5.02 Å². The highest BCUT2D eigenvalue weighted by Gasteiger charge is 2.38. The van der Waals surface area contributed by atoms with Crippen LogP contribution in [-0.4, -0.2) is 10.8 Å². The molecule has 33 heavy (non-hydrogen) atoms. The zero-order chi connectivity index (χ0) is 23.0. The van der Waals surface area contributed by atoms with E-state index in [1.807, 2.05) is 54.6 Å². The number of nitrogens with one attached hydrogen (secondary N) is 2. The SMILES string of the molecule is CC1(C)CC(=O)C2=C(C1)Nc1cnccc1NC2c1ccc(OCc2ccccc2)c(Cl)c1. The van der Waals surface area contributed by atoms with Crippen LogP contribution in [0.5, 0.6) is 5.75 Å². The van der Waals surface area contributed by atoms with E-state index < -0.39 is 0 Å². The van der Waals surface area contributed by atoms with Gasteiger partial charge in [-0.2, -0.15) is 0 Å². The highest BCUT2D eigenvalue weighted by atomic mass is 35.5. The van der Waals surface area contributed by atoms with Gasteiger partial charge in [0.05, 0.1) is 28.6 Å². The smallest absolute Gasteiger partial charge is 0.163 e. The maximum absolute atomic E-state index is 13.3. The first-order valence-electron chi connectivity index (χ1n) is 11.1.